The van der Waals surface area contributed by atoms with Crippen LogP contribution >= 0.6 is 0 Å². The first kappa shape index (κ1) is 29.7. The van der Waals surface area contributed by atoms with Gasteiger partial charge in [-0.1, -0.05) is 12.1 Å². The van der Waals surface area contributed by atoms with Crippen molar-refractivity contribution in [2.24, 2.45) is 11.5 Å². The fraction of sp³-hybridized carbons (Fsp3) is 0.391. The summed E-state index contributed by atoms with van der Waals surface area (Å²) in [6.45, 7) is 1.18. The van der Waals surface area contributed by atoms with Gasteiger partial charge < -0.3 is 47.7 Å². The predicted molar refractivity (Wildman–Crippen MR) is 131 cm³/mol. The molecule has 5 unspecified atom stereocenters. The van der Waals surface area contributed by atoms with E-state index >= 15 is 0 Å². The number of H-pyrrole nitrogens is 1. The minimum Gasteiger partial charge on any atom is -0.508 e. The molecule has 0 saturated carbocycles. The third-order valence-electron chi connectivity index (χ3n) is 5.43. The van der Waals surface area contributed by atoms with Crippen LogP contribution in [-0.4, -0.2) is 85.2 Å². The van der Waals surface area contributed by atoms with Crippen LogP contribution in [-0.2, 0) is 36.8 Å². The average Bonchev–Trinajstić information content (AvgIpc) is 3.35. The van der Waals surface area contributed by atoms with Gasteiger partial charge in [0.2, 0.25) is 23.6 Å². The highest BCUT2D eigenvalue weighted by Gasteiger charge is 2.32. The van der Waals surface area contributed by atoms with Gasteiger partial charge >= 0.3 is 5.97 Å². The molecule has 5 atom stereocenters. The topological polar surface area (TPSA) is 263 Å². The fourth-order valence-electron chi connectivity index (χ4n) is 3.41. The highest BCUT2D eigenvalue weighted by atomic mass is 16.4. The molecule has 0 fully saturated rings. The Bertz CT molecular complexity index is 1120. The van der Waals surface area contributed by atoms with E-state index in [2.05, 4.69) is 25.9 Å². The second kappa shape index (κ2) is 13.7. The molecule has 38 heavy (non-hydrogen) atoms. The SMILES string of the molecule is CC(O)C(NC(=O)C(Cc1ccc(O)cc1)NC(=O)C(Cc1cnc[nH]1)NC(=O)C(N)CC(N)=O)C(=O)O. The number of amides is 4. The van der Waals surface area contributed by atoms with Crippen molar-refractivity contribution in [3.63, 3.8) is 0 Å². The lowest BCUT2D eigenvalue weighted by Crippen LogP contribution is -2.59. The van der Waals surface area contributed by atoms with Gasteiger partial charge in [-0.2, -0.15) is 0 Å². The summed E-state index contributed by atoms with van der Waals surface area (Å²) in [4.78, 5) is 68.1. The number of aliphatic hydroxyl groups excluding tert-OH is 1. The maximum Gasteiger partial charge on any atom is 0.328 e. The third kappa shape index (κ3) is 9.18. The minimum absolute atomic E-state index is 0.0338. The Morgan fingerprint density at radius 2 is 1.55 bits per heavy atom. The Morgan fingerprint density at radius 1 is 0.974 bits per heavy atom. The number of carboxylic acids is 1. The van der Waals surface area contributed by atoms with Crippen LogP contribution in [0.4, 0.5) is 0 Å². The van der Waals surface area contributed by atoms with Crippen molar-refractivity contribution >= 4 is 29.6 Å². The average molecular weight is 534 g/mol. The van der Waals surface area contributed by atoms with Crippen molar-refractivity contribution in [3.8, 4) is 5.75 Å². The van der Waals surface area contributed by atoms with Crippen molar-refractivity contribution in [1.29, 1.82) is 0 Å². The second-order valence-corrected chi connectivity index (χ2v) is 8.62. The van der Waals surface area contributed by atoms with Crippen LogP contribution in [0.3, 0.4) is 0 Å². The number of aromatic nitrogens is 2. The zero-order valence-corrected chi connectivity index (χ0v) is 20.5. The van der Waals surface area contributed by atoms with Crippen LogP contribution in [0.25, 0.3) is 0 Å². The number of aromatic amines is 1. The molecular formula is C23H31N7O8. The number of carbonyl (C=O) groups is 5. The van der Waals surface area contributed by atoms with Crippen molar-refractivity contribution in [2.75, 3.05) is 0 Å². The smallest absolute Gasteiger partial charge is 0.328 e. The van der Waals surface area contributed by atoms with Crippen LogP contribution in [0, 0.1) is 0 Å². The van der Waals surface area contributed by atoms with E-state index < -0.39 is 66.3 Å². The number of nitrogens with two attached hydrogens (primary N) is 2. The molecule has 2 aromatic rings. The zero-order chi connectivity index (χ0) is 28.4. The molecule has 2 rings (SSSR count). The summed E-state index contributed by atoms with van der Waals surface area (Å²) < 4.78 is 0. The maximum absolute atomic E-state index is 13.3. The van der Waals surface area contributed by atoms with E-state index in [0.717, 1.165) is 0 Å². The van der Waals surface area contributed by atoms with Gasteiger partial charge in [0.05, 0.1) is 24.9 Å². The molecule has 1 heterocycles. The molecule has 1 aromatic carbocycles. The van der Waals surface area contributed by atoms with Crippen LogP contribution in [0.2, 0.25) is 0 Å². The van der Waals surface area contributed by atoms with E-state index in [-0.39, 0.29) is 18.6 Å². The number of nitrogens with one attached hydrogen (secondary N) is 4. The van der Waals surface area contributed by atoms with Crippen LogP contribution < -0.4 is 27.4 Å². The van der Waals surface area contributed by atoms with Gasteiger partial charge in [-0.05, 0) is 24.6 Å². The van der Waals surface area contributed by atoms with Crippen molar-refractivity contribution in [3.05, 3.63) is 48.0 Å². The lowest BCUT2D eigenvalue weighted by atomic mass is 10.0. The lowest BCUT2D eigenvalue weighted by molar-refractivity contribution is -0.145. The summed E-state index contributed by atoms with van der Waals surface area (Å²) in [5, 5.41) is 35.7. The number of phenols is 1. The van der Waals surface area contributed by atoms with Crippen LogP contribution in [0.5, 0.6) is 5.75 Å². The van der Waals surface area contributed by atoms with Crippen LogP contribution in [0.1, 0.15) is 24.6 Å². The number of nitrogens with zero attached hydrogens (tertiary/aromatic N) is 1. The molecule has 0 spiro atoms. The molecule has 15 heteroatoms. The Labute approximate surface area is 217 Å². The van der Waals surface area contributed by atoms with E-state index in [1.807, 2.05) is 0 Å². The Hall–Kier alpha value is -4.50. The number of imidazole rings is 1. The molecule has 206 valence electrons. The number of primary amides is 1. The Morgan fingerprint density at radius 3 is 2.08 bits per heavy atom. The quantitative estimate of drug-likeness (QED) is 0.119. The standard InChI is InChI=1S/C23H31N7O8/c1-11(31)19(23(37)38)30-22(36)16(6-12-2-4-14(32)5-3-12)29-21(35)17(7-13-9-26-10-27-13)28-20(34)15(24)8-18(25)33/h2-5,9-11,15-17,19,31-32H,6-8,24H2,1H3,(H2,25,33)(H,26,27)(H,28,34)(H,29,35)(H,30,36)(H,37,38). The van der Waals surface area contributed by atoms with Crippen LogP contribution in [0.15, 0.2) is 36.8 Å². The van der Waals surface area contributed by atoms with Gasteiger partial charge in [0.25, 0.3) is 0 Å². The first-order valence-corrected chi connectivity index (χ1v) is 11.5. The molecule has 15 nitrogen and oxygen atoms in total. The van der Waals surface area contributed by atoms with E-state index in [1.54, 1.807) is 0 Å². The molecule has 0 saturated heterocycles. The summed E-state index contributed by atoms with van der Waals surface area (Å²) in [7, 11) is 0. The zero-order valence-electron chi connectivity index (χ0n) is 20.5. The van der Waals surface area contributed by atoms with Gasteiger partial charge in [0, 0.05) is 24.7 Å². The normalized spacial score (nSPS) is 14.8. The maximum atomic E-state index is 13.3. The number of aromatic hydroxyl groups is 1. The number of hydrogen-bond donors (Lipinski definition) is 9. The monoisotopic (exact) mass is 533 g/mol. The molecule has 4 amide bonds. The van der Waals surface area contributed by atoms with E-state index in [0.29, 0.717) is 11.3 Å². The fourth-order valence-corrected chi connectivity index (χ4v) is 3.41. The number of carbonyl (C=O) groups excluding carboxylic acids is 4. The lowest BCUT2D eigenvalue weighted by Gasteiger charge is -2.25. The van der Waals surface area contributed by atoms with E-state index in [1.165, 1.54) is 43.7 Å². The van der Waals surface area contributed by atoms with Gasteiger partial charge in [0.1, 0.15) is 17.8 Å². The number of carboxylic acid groups (broad SMARTS) is 1. The first-order chi connectivity index (χ1) is 17.9. The van der Waals surface area contributed by atoms with Gasteiger partial charge in [-0.15, -0.1) is 0 Å². The van der Waals surface area contributed by atoms with Crippen molar-refractivity contribution < 1.29 is 39.3 Å². The summed E-state index contributed by atoms with van der Waals surface area (Å²) in [5.74, 6) is -4.94. The van der Waals surface area contributed by atoms with Crippen molar-refractivity contribution in [2.45, 2.75) is 56.5 Å². The summed E-state index contributed by atoms with van der Waals surface area (Å²) in [6, 6.07) is 0.0942. The number of aliphatic hydroxyl groups is 1. The molecular weight excluding hydrogens is 502 g/mol. The van der Waals surface area contributed by atoms with Gasteiger partial charge in [-0.3, -0.25) is 19.2 Å². The number of hydrogen-bond acceptors (Lipinski definition) is 9. The second-order valence-electron chi connectivity index (χ2n) is 8.62. The Kier molecular flexibility index (Phi) is 10.7. The molecule has 0 aliphatic carbocycles. The summed E-state index contributed by atoms with van der Waals surface area (Å²) in [6.07, 6.45) is 0.632. The van der Waals surface area contributed by atoms with Gasteiger partial charge in [-0.25, -0.2) is 9.78 Å². The number of aliphatic carboxylic acids is 1. The summed E-state index contributed by atoms with van der Waals surface area (Å²) in [5.41, 5.74) is 11.7. The number of rotatable bonds is 14. The highest BCUT2D eigenvalue weighted by Crippen LogP contribution is 2.12. The van der Waals surface area contributed by atoms with E-state index in [4.69, 9.17) is 11.5 Å². The predicted octanol–water partition coefficient (Wildman–Crippen LogP) is -2.98. The van der Waals surface area contributed by atoms with E-state index in [9.17, 15) is 39.3 Å². The molecule has 0 aliphatic heterocycles. The summed E-state index contributed by atoms with van der Waals surface area (Å²) >= 11 is 0. The molecule has 0 radical (unpaired) electrons. The molecule has 1 aromatic heterocycles. The van der Waals surface area contributed by atoms with Gasteiger partial charge in [0.15, 0.2) is 6.04 Å². The molecule has 0 aliphatic rings. The largest absolute Gasteiger partial charge is 0.508 e. The minimum atomic E-state index is -1.66. The third-order valence-corrected chi connectivity index (χ3v) is 5.43. The van der Waals surface area contributed by atoms with Crippen molar-refractivity contribution in [1.82, 2.24) is 25.9 Å². The Balaban J connectivity index is 2.30. The highest BCUT2D eigenvalue weighted by molar-refractivity contribution is 5.95. The first-order valence-electron chi connectivity index (χ1n) is 11.5. The molecule has 0 bridgehead atoms. The number of benzene rings is 1. The molecule has 11 N–H and O–H groups in total. The number of phenolic OH excluding ortho intramolecular Hbond substituents is 1.